The summed E-state index contributed by atoms with van der Waals surface area (Å²) in [5.41, 5.74) is -4.66. The highest BCUT2D eigenvalue weighted by Gasteiger charge is 2.34. The first-order valence-corrected chi connectivity index (χ1v) is 16.8. The van der Waals surface area contributed by atoms with Gasteiger partial charge in [-0.2, -0.15) is 39.5 Å². The molecule has 0 radical (unpaired) electrons. The number of hydrogen-bond acceptors (Lipinski definition) is 8. The summed E-state index contributed by atoms with van der Waals surface area (Å²) < 4.78 is 125. The number of alkyl halides is 9. The molecule has 0 saturated carbocycles. The molecule has 2 heterocycles. The van der Waals surface area contributed by atoms with Gasteiger partial charge >= 0.3 is 36.4 Å². The highest BCUT2D eigenvalue weighted by molar-refractivity contribution is 5.93. The van der Waals surface area contributed by atoms with E-state index in [4.69, 9.17) is 14.6 Å². The van der Waals surface area contributed by atoms with Crippen LogP contribution in [0.15, 0.2) is 79.6 Å². The second-order valence-electron chi connectivity index (χ2n) is 14.3. The van der Waals surface area contributed by atoms with E-state index in [9.17, 15) is 58.7 Å². The zero-order valence-corrected chi connectivity index (χ0v) is 31.8. The fourth-order valence-electron chi connectivity index (χ4n) is 4.64. The van der Waals surface area contributed by atoms with E-state index in [0.717, 1.165) is 30.3 Å². The summed E-state index contributed by atoms with van der Waals surface area (Å²) in [6, 6.07) is 8.14. The van der Waals surface area contributed by atoms with Gasteiger partial charge in [0.05, 0.1) is 69.8 Å². The topological polar surface area (TPSA) is 164 Å². The molecule has 3 N–H and O–H groups in total. The van der Waals surface area contributed by atoms with Gasteiger partial charge in [-0.3, -0.25) is 4.79 Å². The van der Waals surface area contributed by atoms with Crippen molar-refractivity contribution < 1.29 is 73.3 Å². The lowest BCUT2D eigenvalue weighted by atomic mass is 10.0. The van der Waals surface area contributed by atoms with Crippen molar-refractivity contribution in [2.24, 2.45) is 0 Å². The minimum Gasteiger partial charge on any atom is -0.478 e. The van der Waals surface area contributed by atoms with Crippen molar-refractivity contribution in [1.82, 2.24) is 19.9 Å². The van der Waals surface area contributed by atoms with Gasteiger partial charge in [0.25, 0.3) is 0 Å². The van der Waals surface area contributed by atoms with Crippen LogP contribution < -0.4 is 0 Å². The van der Waals surface area contributed by atoms with Crippen LogP contribution in [-0.2, 0) is 28.0 Å². The third kappa shape index (κ3) is 14.5. The minimum absolute atomic E-state index is 0.125. The Balaban J connectivity index is 0.000000238. The van der Waals surface area contributed by atoms with Crippen LogP contribution in [0.5, 0.6) is 0 Å². The molecule has 0 fully saturated rings. The number of nitrogens with one attached hydrogen (secondary N) is 2. The first-order valence-electron chi connectivity index (χ1n) is 16.8. The molecule has 20 heteroatoms. The fraction of sp³-hybridized carbons (Fsp3) is 0.282. The number of esters is 2. The van der Waals surface area contributed by atoms with Crippen molar-refractivity contribution in [3.63, 3.8) is 0 Å². The number of nitrogens with zero attached hydrogens (tertiary/aromatic N) is 2. The molecule has 0 spiro atoms. The van der Waals surface area contributed by atoms with Crippen LogP contribution in [0.1, 0.15) is 99.7 Å². The van der Waals surface area contributed by atoms with E-state index in [1.54, 1.807) is 41.5 Å². The van der Waals surface area contributed by atoms with E-state index in [0.29, 0.717) is 29.6 Å². The van der Waals surface area contributed by atoms with Gasteiger partial charge in [0.1, 0.15) is 17.5 Å². The molecule has 5 aromatic rings. The Kier molecular flexibility index (Phi) is 14.3. The first-order chi connectivity index (χ1) is 27.0. The van der Waals surface area contributed by atoms with Crippen LogP contribution in [0, 0.1) is 0 Å². The maximum atomic E-state index is 13.0. The van der Waals surface area contributed by atoms with Crippen LogP contribution in [0.2, 0.25) is 0 Å². The predicted molar refractivity (Wildman–Crippen MR) is 192 cm³/mol. The van der Waals surface area contributed by atoms with Crippen LogP contribution in [0.4, 0.5) is 39.5 Å². The summed E-state index contributed by atoms with van der Waals surface area (Å²) in [7, 11) is 0. The third-order valence-electron chi connectivity index (χ3n) is 7.07. The van der Waals surface area contributed by atoms with Gasteiger partial charge in [0.15, 0.2) is 0 Å². The molecule has 0 aliphatic carbocycles. The Bertz CT molecular complexity index is 2250. The van der Waals surface area contributed by atoms with Crippen LogP contribution in [0.25, 0.3) is 22.5 Å². The molecular weight excluding hydrogens is 807 g/mol. The molecule has 0 saturated heterocycles. The Morgan fingerprint density at radius 2 is 0.915 bits per heavy atom. The second-order valence-corrected chi connectivity index (χ2v) is 14.3. The number of H-pyrrole nitrogens is 2. The monoisotopic (exact) mass is 842 g/mol. The Morgan fingerprint density at radius 1 is 0.559 bits per heavy atom. The molecule has 5 rings (SSSR count). The largest absolute Gasteiger partial charge is 0.478 e. The van der Waals surface area contributed by atoms with E-state index < -0.39 is 69.9 Å². The van der Waals surface area contributed by atoms with E-state index in [1.165, 1.54) is 31.1 Å². The summed E-state index contributed by atoms with van der Waals surface area (Å²) in [5.74, 6) is -3.12. The van der Waals surface area contributed by atoms with Gasteiger partial charge in [-0.25, -0.2) is 24.4 Å². The number of aromatic nitrogens is 4. The summed E-state index contributed by atoms with van der Waals surface area (Å²) >= 11 is 0. The molecule has 3 aromatic carbocycles. The molecule has 0 amide bonds. The number of benzene rings is 3. The molecule has 59 heavy (non-hydrogen) atoms. The lowest BCUT2D eigenvalue weighted by Crippen LogP contribution is -2.24. The maximum Gasteiger partial charge on any atom is 0.416 e. The molecule has 316 valence electrons. The number of halogens is 9. The number of ether oxygens (including phenoxy) is 2. The Labute approximate surface area is 329 Å². The predicted octanol–water partition coefficient (Wildman–Crippen LogP) is 10.3. The summed E-state index contributed by atoms with van der Waals surface area (Å²) in [6.45, 7) is 9.73. The maximum absolute atomic E-state index is 13.0. The van der Waals surface area contributed by atoms with Crippen molar-refractivity contribution in [3.8, 4) is 22.5 Å². The number of carboxylic acid groups (broad SMARTS) is 1. The molecule has 11 nitrogen and oxygen atoms in total. The summed E-state index contributed by atoms with van der Waals surface area (Å²) in [6.07, 6.45) is -8.18. The normalized spacial score (nSPS) is 12.0. The number of imidazole rings is 2. The number of aromatic amines is 2. The average Bonchev–Trinajstić information content (AvgIpc) is 3.85. The number of hydrogen-bond donors (Lipinski definition) is 3. The zero-order valence-electron chi connectivity index (χ0n) is 31.8. The molecule has 0 bridgehead atoms. The molecular formula is C39H35F9N4O7. The number of rotatable bonds is 6. The van der Waals surface area contributed by atoms with Crippen molar-refractivity contribution in [3.05, 3.63) is 119 Å². The van der Waals surface area contributed by atoms with Gasteiger partial charge in [0.2, 0.25) is 0 Å². The number of aromatic carboxylic acids is 1. The molecule has 0 unspecified atom stereocenters. The van der Waals surface area contributed by atoms with Gasteiger partial charge < -0.3 is 24.5 Å². The molecule has 0 aliphatic heterocycles. The number of carbonyl (C=O) groups is 4. The number of carboxylic acids is 1. The standard InChI is InChI=1S/C15H15F3N2O2.C13H13F3O3.C11H7F3N2O2/c1-14(2,3)22-13(21)10-4-9(12-7-19-8-20-12)5-11(6-10)15(16,17)18;1-12(2,3)19-11(18)9-4-8(7-17)5-10(6-9)13(14,15)16;12-11(13,14)8-2-6(9-4-15-5-16-9)1-7(3-8)10(17)18/h4-8H,1-3H3,(H,19,20);4-7H,1-3H3;1-5H,(H,15,16)(H,17,18). The van der Waals surface area contributed by atoms with Crippen LogP contribution >= 0.6 is 0 Å². The van der Waals surface area contributed by atoms with Crippen LogP contribution in [-0.4, -0.2) is 60.4 Å². The van der Waals surface area contributed by atoms with Gasteiger partial charge in [-0.1, -0.05) is 0 Å². The smallest absolute Gasteiger partial charge is 0.416 e. The van der Waals surface area contributed by atoms with E-state index >= 15 is 0 Å². The van der Waals surface area contributed by atoms with Gasteiger partial charge in [-0.05, 0) is 96.1 Å². The van der Waals surface area contributed by atoms with Crippen molar-refractivity contribution >= 4 is 24.2 Å². The van der Waals surface area contributed by atoms with Crippen LogP contribution in [0.3, 0.4) is 0 Å². The first kappa shape index (κ1) is 46.9. The second kappa shape index (κ2) is 18.0. The molecule has 0 atom stereocenters. The zero-order chi connectivity index (χ0) is 44.7. The van der Waals surface area contributed by atoms with Crippen molar-refractivity contribution in [2.45, 2.75) is 71.3 Å². The van der Waals surface area contributed by atoms with E-state index in [1.807, 2.05) is 0 Å². The minimum atomic E-state index is -4.63. The van der Waals surface area contributed by atoms with Crippen molar-refractivity contribution in [1.29, 1.82) is 0 Å². The number of aldehydes is 1. The van der Waals surface area contributed by atoms with Gasteiger partial charge in [-0.15, -0.1) is 0 Å². The van der Waals surface area contributed by atoms with E-state index in [-0.39, 0.29) is 34.1 Å². The number of carbonyl (C=O) groups excluding carboxylic acids is 3. The van der Waals surface area contributed by atoms with Gasteiger partial charge in [0, 0.05) is 16.7 Å². The Hall–Kier alpha value is -6.47. The highest BCUT2D eigenvalue weighted by atomic mass is 19.4. The SMILES string of the molecule is CC(C)(C)OC(=O)c1cc(-c2cnc[nH]2)cc(C(F)(F)F)c1.CC(C)(C)OC(=O)c1cc(C=O)cc(C(F)(F)F)c1.O=C(O)c1cc(-c2cnc[nH]2)cc(C(F)(F)F)c1. The van der Waals surface area contributed by atoms with E-state index in [2.05, 4.69) is 19.9 Å². The summed E-state index contributed by atoms with van der Waals surface area (Å²) in [4.78, 5) is 58.0. The highest BCUT2D eigenvalue weighted by Crippen LogP contribution is 2.35. The third-order valence-corrected chi connectivity index (χ3v) is 7.07. The summed E-state index contributed by atoms with van der Waals surface area (Å²) in [5, 5.41) is 8.80. The fourth-order valence-corrected chi connectivity index (χ4v) is 4.64. The average molecular weight is 843 g/mol. The quantitative estimate of drug-likeness (QED) is 0.0857. The lowest BCUT2D eigenvalue weighted by molar-refractivity contribution is -0.138. The molecule has 2 aromatic heterocycles. The lowest BCUT2D eigenvalue weighted by Gasteiger charge is -2.20. The van der Waals surface area contributed by atoms with Crippen molar-refractivity contribution in [2.75, 3.05) is 0 Å². The molecule has 0 aliphatic rings. The Morgan fingerprint density at radius 3 is 1.24 bits per heavy atom.